The van der Waals surface area contributed by atoms with E-state index in [0.29, 0.717) is 18.2 Å². The molecule has 0 bridgehead atoms. The van der Waals surface area contributed by atoms with Crippen LogP contribution in [-0.2, 0) is 6.54 Å². The van der Waals surface area contributed by atoms with E-state index >= 15 is 0 Å². The van der Waals surface area contributed by atoms with E-state index < -0.39 is 0 Å². The highest BCUT2D eigenvalue weighted by atomic mass is 16.5. The molecule has 126 valence electrons. The van der Waals surface area contributed by atoms with Gasteiger partial charge in [-0.1, -0.05) is 30.3 Å². The highest BCUT2D eigenvalue weighted by Gasteiger charge is 2.09. The van der Waals surface area contributed by atoms with E-state index in [9.17, 15) is 4.79 Å². The van der Waals surface area contributed by atoms with Crippen molar-refractivity contribution in [3.63, 3.8) is 0 Å². The van der Waals surface area contributed by atoms with Crippen molar-refractivity contribution in [3.8, 4) is 5.75 Å². The second-order valence-corrected chi connectivity index (χ2v) is 5.29. The average Bonchev–Trinajstić information content (AvgIpc) is 2.68. The summed E-state index contributed by atoms with van der Waals surface area (Å²) < 4.78 is 5.12. The van der Waals surface area contributed by atoms with Crippen LogP contribution in [0.3, 0.4) is 0 Å². The van der Waals surface area contributed by atoms with Crippen LogP contribution in [0.1, 0.15) is 16.1 Å². The van der Waals surface area contributed by atoms with Crippen molar-refractivity contribution in [2.45, 2.75) is 6.54 Å². The third kappa shape index (κ3) is 4.54. The lowest BCUT2D eigenvalue weighted by Crippen LogP contribution is -2.24. The summed E-state index contributed by atoms with van der Waals surface area (Å²) in [7, 11) is 1.61. The average molecular weight is 334 g/mol. The van der Waals surface area contributed by atoms with Crippen molar-refractivity contribution in [3.05, 3.63) is 78.1 Å². The molecule has 1 heterocycles. The molecule has 0 aliphatic carbocycles. The summed E-state index contributed by atoms with van der Waals surface area (Å²) in [6.45, 7) is 0.449. The molecule has 1 amide bonds. The lowest BCUT2D eigenvalue weighted by atomic mass is 10.2. The van der Waals surface area contributed by atoms with E-state index in [1.807, 2.05) is 54.6 Å². The molecule has 3 aromatic rings. The monoisotopic (exact) mass is 334 g/mol. The Bertz CT molecular complexity index is 836. The van der Waals surface area contributed by atoms with Crippen LogP contribution in [0.25, 0.3) is 0 Å². The van der Waals surface area contributed by atoms with Gasteiger partial charge in [-0.25, -0.2) is 9.97 Å². The van der Waals surface area contributed by atoms with Gasteiger partial charge in [-0.3, -0.25) is 4.79 Å². The summed E-state index contributed by atoms with van der Waals surface area (Å²) in [5.41, 5.74) is 2.14. The van der Waals surface area contributed by atoms with E-state index in [2.05, 4.69) is 20.6 Å². The van der Waals surface area contributed by atoms with Gasteiger partial charge in [-0.2, -0.15) is 0 Å². The van der Waals surface area contributed by atoms with E-state index in [1.54, 1.807) is 19.4 Å². The minimum Gasteiger partial charge on any atom is -0.497 e. The molecule has 0 saturated carbocycles. The first-order valence-electron chi connectivity index (χ1n) is 7.81. The van der Waals surface area contributed by atoms with E-state index in [1.165, 1.54) is 0 Å². The molecule has 2 aromatic carbocycles. The number of benzene rings is 2. The Morgan fingerprint density at radius 3 is 2.52 bits per heavy atom. The number of nitrogens with zero attached hydrogens (tertiary/aromatic N) is 2. The van der Waals surface area contributed by atoms with Gasteiger partial charge in [0.25, 0.3) is 5.91 Å². The Labute approximate surface area is 145 Å². The van der Waals surface area contributed by atoms with Crippen molar-refractivity contribution in [1.82, 2.24) is 15.3 Å². The first kappa shape index (κ1) is 16.4. The number of amides is 1. The van der Waals surface area contributed by atoms with Gasteiger partial charge in [-0.05, 0) is 35.9 Å². The molecule has 0 atom stereocenters. The predicted octanol–water partition coefficient (Wildman–Crippen LogP) is 3.16. The summed E-state index contributed by atoms with van der Waals surface area (Å²) in [5, 5.41) is 5.91. The molecule has 1 aromatic heterocycles. The molecule has 6 heteroatoms. The molecule has 0 saturated heterocycles. The molecule has 0 aliphatic heterocycles. The third-order valence-electron chi connectivity index (χ3n) is 3.53. The molecular formula is C19H18N4O2. The first-order chi connectivity index (χ1) is 12.2. The van der Waals surface area contributed by atoms with Crippen LogP contribution in [0.15, 0.2) is 66.9 Å². The number of ether oxygens (including phenoxy) is 1. The Kier molecular flexibility index (Phi) is 5.21. The summed E-state index contributed by atoms with van der Waals surface area (Å²) in [4.78, 5) is 20.7. The van der Waals surface area contributed by atoms with Crippen LogP contribution in [0.2, 0.25) is 0 Å². The second kappa shape index (κ2) is 7.92. The van der Waals surface area contributed by atoms with Crippen LogP contribution < -0.4 is 15.4 Å². The van der Waals surface area contributed by atoms with E-state index in [-0.39, 0.29) is 5.91 Å². The molecule has 0 spiro atoms. The smallest absolute Gasteiger partial charge is 0.270 e. The number of aromatic nitrogens is 2. The minimum atomic E-state index is -0.246. The van der Waals surface area contributed by atoms with Crippen molar-refractivity contribution in [2.24, 2.45) is 0 Å². The Balaban J connectivity index is 1.64. The van der Waals surface area contributed by atoms with Gasteiger partial charge in [-0.15, -0.1) is 0 Å². The number of rotatable bonds is 6. The standard InChI is InChI=1S/C19H18N4O2/c1-25-16-9-7-15(8-10-16)22-19-20-12-11-17(23-19)18(24)21-13-14-5-3-2-4-6-14/h2-12H,13H2,1H3,(H,21,24)(H,20,22,23). The maximum atomic E-state index is 12.3. The summed E-state index contributed by atoms with van der Waals surface area (Å²) in [6.07, 6.45) is 1.55. The van der Waals surface area contributed by atoms with Gasteiger partial charge in [0.05, 0.1) is 7.11 Å². The summed E-state index contributed by atoms with van der Waals surface area (Å²) in [6, 6.07) is 18.7. The Hall–Kier alpha value is -3.41. The van der Waals surface area contributed by atoms with E-state index in [4.69, 9.17) is 4.74 Å². The molecule has 0 fully saturated rings. The van der Waals surface area contributed by atoms with Crippen molar-refractivity contribution >= 4 is 17.5 Å². The molecular weight excluding hydrogens is 316 g/mol. The lowest BCUT2D eigenvalue weighted by molar-refractivity contribution is 0.0946. The molecule has 2 N–H and O–H groups in total. The molecule has 0 unspecified atom stereocenters. The van der Waals surface area contributed by atoms with Crippen LogP contribution in [0.5, 0.6) is 5.75 Å². The molecule has 6 nitrogen and oxygen atoms in total. The third-order valence-corrected chi connectivity index (χ3v) is 3.53. The number of nitrogens with one attached hydrogen (secondary N) is 2. The Morgan fingerprint density at radius 2 is 1.80 bits per heavy atom. The number of carbonyl (C=O) groups is 1. The van der Waals surface area contributed by atoms with Gasteiger partial charge in [0, 0.05) is 18.4 Å². The van der Waals surface area contributed by atoms with Crippen molar-refractivity contribution in [2.75, 3.05) is 12.4 Å². The predicted molar refractivity (Wildman–Crippen MR) is 95.9 cm³/mol. The van der Waals surface area contributed by atoms with E-state index in [0.717, 1.165) is 17.0 Å². The number of methoxy groups -OCH3 is 1. The quantitative estimate of drug-likeness (QED) is 0.724. The van der Waals surface area contributed by atoms with Crippen LogP contribution in [0, 0.1) is 0 Å². The maximum absolute atomic E-state index is 12.3. The van der Waals surface area contributed by atoms with Gasteiger partial charge in [0.2, 0.25) is 5.95 Å². The summed E-state index contributed by atoms with van der Waals surface area (Å²) >= 11 is 0. The number of carbonyl (C=O) groups excluding carboxylic acids is 1. The molecule has 0 aliphatic rings. The number of anilines is 2. The van der Waals surface area contributed by atoms with Crippen LogP contribution >= 0.6 is 0 Å². The molecule has 25 heavy (non-hydrogen) atoms. The normalized spacial score (nSPS) is 10.1. The zero-order chi connectivity index (χ0) is 17.5. The number of hydrogen-bond acceptors (Lipinski definition) is 5. The number of hydrogen-bond donors (Lipinski definition) is 2. The van der Waals surface area contributed by atoms with Crippen LogP contribution in [-0.4, -0.2) is 23.0 Å². The SMILES string of the molecule is COc1ccc(Nc2nccc(C(=O)NCc3ccccc3)n2)cc1. The summed E-state index contributed by atoms with van der Waals surface area (Å²) in [5.74, 6) is 0.877. The van der Waals surface area contributed by atoms with Gasteiger partial charge < -0.3 is 15.4 Å². The second-order valence-electron chi connectivity index (χ2n) is 5.29. The molecule has 3 rings (SSSR count). The van der Waals surface area contributed by atoms with Gasteiger partial charge in [0.15, 0.2) is 0 Å². The fourth-order valence-corrected chi connectivity index (χ4v) is 2.22. The molecule has 0 radical (unpaired) electrons. The fourth-order valence-electron chi connectivity index (χ4n) is 2.22. The van der Waals surface area contributed by atoms with Crippen molar-refractivity contribution in [1.29, 1.82) is 0 Å². The zero-order valence-corrected chi connectivity index (χ0v) is 13.8. The topological polar surface area (TPSA) is 76.1 Å². The van der Waals surface area contributed by atoms with Crippen LogP contribution in [0.4, 0.5) is 11.6 Å². The highest BCUT2D eigenvalue weighted by molar-refractivity contribution is 5.92. The Morgan fingerprint density at radius 1 is 1.04 bits per heavy atom. The maximum Gasteiger partial charge on any atom is 0.270 e. The zero-order valence-electron chi connectivity index (χ0n) is 13.8. The largest absolute Gasteiger partial charge is 0.497 e. The highest BCUT2D eigenvalue weighted by Crippen LogP contribution is 2.17. The van der Waals surface area contributed by atoms with Gasteiger partial charge in [0.1, 0.15) is 11.4 Å². The fraction of sp³-hybridized carbons (Fsp3) is 0.105. The van der Waals surface area contributed by atoms with Gasteiger partial charge >= 0.3 is 0 Å². The first-order valence-corrected chi connectivity index (χ1v) is 7.81. The minimum absolute atomic E-state index is 0.246. The lowest BCUT2D eigenvalue weighted by Gasteiger charge is -2.08. The van der Waals surface area contributed by atoms with Crippen molar-refractivity contribution < 1.29 is 9.53 Å².